The smallest absolute Gasteiger partial charge is 0.320 e. The molecule has 0 spiro atoms. The van der Waals surface area contributed by atoms with Gasteiger partial charge in [-0.2, -0.15) is 0 Å². The summed E-state index contributed by atoms with van der Waals surface area (Å²) in [6.07, 6.45) is 0.929. The Morgan fingerprint density at radius 1 is 0.281 bits per heavy atom. The molecule has 0 rings (SSSR count). The molecule has 0 unspecified atom stereocenters. The van der Waals surface area contributed by atoms with Crippen LogP contribution in [-0.2, 0) is 45.3 Å². The molecule has 28 heteroatoms. The monoisotopic (exact) mass is 1160 g/mol. The van der Waals surface area contributed by atoms with E-state index in [9.17, 15) is 9.59 Å². The Hall–Kier alpha value is 2.73. The predicted octanol–water partition coefficient (Wildman–Crippen LogP) is 12.2. The first kappa shape index (κ1) is 66.7. The van der Waals surface area contributed by atoms with E-state index in [1.165, 1.54) is 0 Å². The van der Waals surface area contributed by atoms with Crippen molar-refractivity contribution in [2.45, 2.75) is 233 Å². The van der Waals surface area contributed by atoms with Crippen LogP contribution in [0, 0.1) is 0 Å². The molecule has 0 saturated heterocycles. The average Bonchev–Trinajstić information content (AvgIpc) is 2.87. The zero-order chi connectivity index (χ0) is 51.3. The molecule has 64 heavy (non-hydrogen) atoms. The van der Waals surface area contributed by atoms with Crippen LogP contribution in [0.3, 0.4) is 0 Å². The quantitative estimate of drug-likeness (QED) is 0.0618. The van der Waals surface area contributed by atoms with Crippen molar-refractivity contribution in [3.05, 3.63) is 0 Å². The molecule has 0 aromatic heterocycles. The third-order valence-electron chi connectivity index (χ3n) is 9.60. The van der Waals surface area contributed by atoms with Gasteiger partial charge in [0.15, 0.2) is 50.6 Å². The van der Waals surface area contributed by atoms with E-state index < -0.39 is 128 Å². The maximum absolute atomic E-state index is 10.5. The van der Waals surface area contributed by atoms with E-state index >= 15 is 0 Å². The van der Waals surface area contributed by atoms with Crippen LogP contribution in [0.25, 0.3) is 0 Å². The molecule has 2 N–H and O–H groups in total. The molecule has 0 heterocycles. The van der Waals surface area contributed by atoms with Crippen LogP contribution in [0.2, 0.25) is 226 Å². The molecule has 0 amide bonds. The van der Waals surface area contributed by atoms with Crippen LogP contribution in [0.5, 0.6) is 0 Å². The van der Waals surface area contributed by atoms with Gasteiger partial charge in [0.25, 0.3) is 0 Å². The first-order chi connectivity index (χ1) is 27.6. The van der Waals surface area contributed by atoms with Gasteiger partial charge in [-0.1, -0.05) is 6.42 Å². The van der Waals surface area contributed by atoms with Gasteiger partial charge in [0.05, 0.1) is 0 Å². The van der Waals surface area contributed by atoms with Crippen molar-refractivity contribution < 1.29 is 54.9 Å². The molecule has 0 aromatic rings. The van der Waals surface area contributed by atoms with Gasteiger partial charge in [-0.05, 0) is 226 Å². The lowest BCUT2D eigenvalue weighted by molar-refractivity contribution is 0.290. The minimum Gasteiger partial charge on any atom is -0.440 e. The van der Waals surface area contributed by atoms with Crippen LogP contribution in [0.1, 0.15) is 6.42 Å². The predicted molar refractivity (Wildman–Crippen MR) is 308 cm³/mol. The van der Waals surface area contributed by atoms with Gasteiger partial charge < -0.3 is 54.9 Å². The number of hydrogen-bond acceptors (Lipinski definition) is 13. The van der Waals surface area contributed by atoms with Crippen LogP contribution >= 0.6 is 0 Å². The van der Waals surface area contributed by atoms with Gasteiger partial charge >= 0.3 is 77.0 Å². The fourth-order valence-electron chi connectivity index (χ4n) is 9.27. The highest BCUT2D eigenvalue weighted by Gasteiger charge is 2.50. The van der Waals surface area contributed by atoms with Crippen molar-refractivity contribution >= 4 is 128 Å². The Labute approximate surface area is 412 Å². The molecule has 0 aliphatic rings. The summed E-state index contributed by atoms with van der Waals surface area (Å²) < 4.78 is 75.1. The van der Waals surface area contributed by atoms with E-state index in [4.69, 9.17) is 45.3 Å². The highest BCUT2D eigenvalue weighted by Crippen LogP contribution is 2.36. The standard InChI is InChI=1S/C36H104O13Si15/c1-50(2)39-58(17,18)47-61(23,24)40-51(3,4)31-30-32-64(29,48-62(25,26)43-54(9,10)35-33-52(5,6)41-59(19,20)45-56(13,14)37)49-63(27,28)44-55(11,12)36-34-53(7,8)42-60(21,22)46-57(15,16)38/h37-38,50H,30-36H2,1-29H3. The van der Waals surface area contributed by atoms with Crippen molar-refractivity contribution in [3.8, 4) is 0 Å². The number of rotatable bonds is 32. The summed E-state index contributed by atoms with van der Waals surface area (Å²) in [4.78, 5) is 21.0. The lowest BCUT2D eigenvalue weighted by Gasteiger charge is -2.45. The second-order valence-electron chi connectivity index (χ2n) is 25.3. The molecular weight excluding hydrogens is 1060 g/mol. The molecule has 0 aliphatic carbocycles. The molecule has 0 bridgehead atoms. The maximum atomic E-state index is 10.5. The summed E-state index contributed by atoms with van der Waals surface area (Å²) in [7, 11) is -35.6. The second-order valence-corrected chi connectivity index (χ2v) is 81.9. The van der Waals surface area contributed by atoms with Crippen molar-refractivity contribution in [1.29, 1.82) is 0 Å². The first-order valence-corrected chi connectivity index (χ1v) is 67.2. The summed E-state index contributed by atoms with van der Waals surface area (Å²) in [6, 6.07) is 5.60. The lowest BCUT2D eigenvalue weighted by Crippen LogP contribution is -2.60. The van der Waals surface area contributed by atoms with E-state index in [1.807, 2.05) is 0 Å². The van der Waals surface area contributed by atoms with Gasteiger partial charge in [0, 0.05) is 0 Å². The Bertz CT molecular complexity index is 1360. The topological polar surface area (TPSA) is 142 Å². The van der Waals surface area contributed by atoms with Crippen molar-refractivity contribution in [2.24, 2.45) is 0 Å². The van der Waals surface area contributed by atoms with Gasteiger partial charge in [-0.3, -0.25) is 0 Å². The summed E-state index contributed by atoms with van der Waals surface area (Å²) in [6.45, 7) is 62.4. The number of hydrogen-bond donors (Lipinski definition) is 2. The van der Waals surface area contributed by atoms with Crippen molar-refractivity contribution in [1.82, 2.24) is 0 Å². The Balaban J connectivity index is 6.43. The van der Waals surface area contributed by atoms with Crippen molar-refractivity contribution in [2.75, 3.05) is 0 Å². The fourth-order valence-corrected chi connectivity index (χ4v) is 81.7. The first-order valence-electron chi connectivity index (χ1n) is 23.7. The summed E-state index contributed by atoms with van der Waals surface area (Å²) in [5.41, 5.74) is 0. The van der Waals surface area contributed by atoms with Crippen molar-refractivity contribution in [3.63, 3.8) is 0 Å². The SMILES string of the molecule is C[SiH](C)O[Si](C)(C)O[Si](C)(C)O[Si](C)(C)CCC[Si](C)(O[Si](C)(C)O[Si](C)(C)CC[Si](C)(C)O[Si](C)(C)O[Si](C)(C)O)O[Si](C)(C)O[Si](C)(C)CC[Si](C)(C)O[Si](C)(C)O[Si](C)(C)O. The van der Waals surface area contributed by atoms with Crippen LogP contribution < -0.4 is 0 Å². The molecule has 0 saturated carbocycles. The largest absolute Gasteiger partial charge is 0.440 e. The maximum Gasteiger partial charge on any atom is 0.320 e. The van der Waals surface area contributed by atoms with Crippen LogP contribution in [-0.4, -0.2) is 137 Å². The second kappa shape index (κ2) is 23.7. The average molecular weight is 1170 g/mol. The molecule has 13 nitrogen and oxygen atoms in total. The van der Waals surface area contributed by atoms with E-state index in [1.54, 1.807) is 26.2 Å². The van der Waals surface area contributed by atoms with E-state index in [0.717, 1.165) is 42.7 Å². The molecular formula is C36H104O13Si15. The molecule has 0 atom stereocenters. The molecule has 0 fully saturated rings. The lowest BCUT2D eigenvalue weighted by atomic mass is 10.6. The van der Waals surface area contributed by atoms with Crippen LogP contribution in [0.15, 0.2) is 0 Å². The van der Waals surface area contributed by atoms with E-state index in [-0.39, 0.29) is 0 Å². The van der Waals surface area contributed by atoms with Crippen LogP contribution in [0.4, 0.5) is 0 Å². The zero-order valence-corrected chi connectivity index (χ0v) is 62.1. The third-order valence-corrected chi connectivity index (χ3v) is 63.5. The molecule has 0 aromatic carbocycles. The summed E-state index contributed by atoms with van der Waals surface area (Å²) >= 11 is 0. The Morgan fingerprint density at radius 3 is 0.766 bits per heavy atom. The van der Waals surface area contributed by atoms with E-state index in [0.29, 0.717) is 0 Å². The fraction of sp³-hybridized carbons (Fsp3) is 1.00. The van der Waals surface area contributed by atoms with E-state index in [2.05, 4.69) is 164 Å². The van der Waals surface area contributed by atoms with Gasteiger partial charge in [0.1, 0.15) is 0 Å². The third kappa shape index (κ3) is 32.7. The molecule has 386 valence electrons. The van der Waals surface area contributed by atoms with Gasteiger partial charge in [-0.25, -0.2) is 0 Å². The summed E-state index contributed by atoms with van der Waals surface area (Å²) in [5, 5.41) is 0. The molecule has 0 aliphatic heterocycles. The highest BCUT2D eigenvalue weighted by molar-refractivity contribution is 6.93. The Morgan fingerprint density at radius 2 is 0.516 bits per heavy atom. The minimum atomic E-state index is -2.90. The zero-order valence-electron chi connectivity index (χ0n) is 46.9. The Kier molecular flexibility index (Phi) is 24.7. The van der Waals surface area contributed by atoms with Gasteiger partial charge in [-0.15, -0.1) is 0 Å². The minimum absolute atomic E-state index is 0.817. The highest BCUT2D eigenvalue weighted by atomic mass is 28.5. The normalized spacial score (nSPS) is 15.8. The van der Waals surface area contributed by atoms with Gasteiger partial charge in [0.2, 0.25) is 0 Å². The molecule has 0 radical (unpaired) electrons. The summed E-state index contributed by atoms with van der Waals surface area (Å²) in [5.74, 6) is 0.